The molecule has 0 bridgehead atoms. The molecule has 12 heavy (non-hydrogen) atoms. The van der Waals surface area contributed by atoms with E-state index in [1.165, 1.54) is 0 Å². The van der Waals surface area contributed by atoms with Crippen molar-refractivity contribution in [3.8, 4) is 0 Å². The summed E-state index contributed by atoms with van der Waals surface area (Å²) in [5.74, 6) is -0.838. The Hall–Kier alpha value is -0.660. The van der Waals surface area contributed by atoms with E-state index in [2.05, 4.69) is 8.92 Å². The van der Waals surface area contributed by atoms with Crippen molar-refractivity contribution in [1.82, 2.24) is 0 Å². The third kappa shape index (κ3) is 5.05. The smallest absolute Gasteiger partial charge is 0.398 e. The van der Waals surface area contributed by atoms with Gasteiger partial charge in [-0.05, 0) is 13.8 Å². The number of rotatable bonds is 4. The molecule has 0 saturated carbocycles. The van der Waals surface area contributed by atoms with Crippen LogP contribution in [0, 0.1) is 0 Å². The Bertz CT molecular complexity index is 243. The predicted molar refractivity (Wildman–Crippen MR) is 38.7 cm³/mol. The lowest BCUT2D eigenvalue weighted by Crippen LogP contribution is -2.25. The molecule has 0 aliphatic rings. The third-order valence-electron chi connectivity index (χ3n) is 0.884. The van der Waals surface area contributed by atoms with E-state index in [9.17, 15) is 13.2 Å². The average molecular weight is 198 g/mol. The molecule has 0 aromatic carbocycles. The summed E-state index contributed by atoms with van der Waals surface area (Å²) in [6.45, 7) is 2.85. The highest BCUT2D eigenvalue weighted by atomic mass is 32.3. The second-order valence-corrected chi connectivity index (χ2v) is 2.97. The lowest BCUT2D eigenvalue weighted by atomic mass is 10.4. The molecule has 1 atom stereocenters. The Morgan fingerprint density at radius 3 is 2.42 bits per heavy atom. The van der Waals surface area contributed by atoms with Gasteiger partial charge >= 0.3 is 16.4 Å². The van der Waals surface area contributed by atoms with Crippen LogP contribution in [0.4, 0.5) is 0 Å². The lowest BCUT2D eigenvalue weighted by molar-refractivity contribution is -0.150. The zero-order chi connectivity index (χ0) is 9.78. The number of carbonyl (C=O) groups is 1. The quantitative estimate of drug-likeness (QED) is 0.495. The van der Waals surface area contributed by atoms with Crippen molar-refractivity contribution in [1.29, 1.82) is 0 Å². The van der Waals surface area contributed by atoms with E-state index in [4.69, 9.17) is 4.55 Å². The largest absolute Gasteiger partial charge is 0.464 e. The molecule has 0 saturated heterocycles. The predicted octanol–water partition coefficient (Wildman–Crippen LogP) is -0.243. The summed E-state index contributed by atoms with van der Waals surface area (Å²) in [6.07, 6.45) is -1.32. The summed E-state index contributed by atoms with van der Waals surface area (Å²) in [5, 5.41) is 0. The number of ether oxygens (including phenoxy) is 1. The third-order valence-corrected chi connectivity index (χ3v) is 1.42. The summed E-state index contributed by atoms with van der Waals surface area (Å²) in [5.41, 5.74) is 0. The van der Waals surface area contributed by atoms with E-state index in [-0.39, 0.29) is 6.61 Å². The Morgan fingerprint density at radius 2 is 2.08 bits per heavy atom. The van der Waals surface area contributed by atoms with Crippen LogP contribution >= 0.6 is 0 Å². The molecule has 0 aromatic rings. The van der Waals surface area contributed by atoms with E-state index in [1.54, 1.807) is 6.92 Å². The SMILES string of the molecule is CCOC(=O)C(C)OS(=O)(=O)O. The molecule has 7 heteroatoms. The molecule has 1 N–H and O–H groups in total. The minimum Gasteiger partial charge on any atom is -0.464 e. The molecule has 0 amide bonds. The number of carbonyl (C=O) groups excluding carboxylic acids is 1. The van der Waals surface area contributed by atoms with Gasteiger partial charge in [0, 0.05) is 0 Å². The van der Waals surface area contributed by atoms with E-state index < -0.39 is 22.5 Å². The Balaban J connectivity index is 4.05. The number of hydrogen-bond acceptors (Lipinski definition) is 5. The van der Waals surface area contributed by atoms with E-state index in [1.807, 2.05) is 0 Å². The van der Waals surface area contributed by atoms with Crippen LogP contribution in [-0.2, 0) is 24.1 Å². The molecule has 0 radical (unpaired) electrons. The van der Waals surface area contributed by atoms with Gasteiger partial charge in [-0.25, -0.2) is 8.98 Å². The summed E-state index contributed by atoms with van der Waals surface area (Å²) >= 11 is 0. The van der Waals surface area contributed by atoms with Crippen LogP contribution in [-0.4, -0.2) is 31.7 Å². The molecule has 0 spiro atoms. The summed E-state index contributed by atoms with van der Waals surface area (Å²) < 4.78 is 36.6. The van der Waals surface area contributed by atoms with Crippen LogP contribution in [0.2, 0.25) is 0 Å². The van der Waals surface area contributed by atoms with Gasteiger partial charge in [-0.15, -0.1) is 0 Å². The normalized spacial score (nSPS) is 13.9. The van der Waals surface area contributed by atoms with Crippen LogP contribution in [0.15, 0.2) is 0 Å². The minimum absolute atomic E-state index is 0.123. The van der Waals surface area contributed by atoms with E-state index >= 15 is 0 Å². The van der Waals surface area contributed by atoms with Gasteiger partial charge in [0.15, 0.2) is 6.10 Å². The zero-order valence-electron chi connectivity index (χ0n) is 6.68. The van der Waals surface area contributed by atoms with E-state index in [0.29, 0.717) is 0 Å². The molecule has 0 aliphatic carbocycles. The van der Waals surface area contributed by atoms with Crippen molar-refractivity contribution in [3.63, 3.8) is 0 Å². The van der Waals surface area contributed by atoms with Crippen LogP contribution < -0.4 is 0 Å². The van der Waals surface area contributed by atoms with Gasteiger partial charge in [0.05, 0.1) is 6.61 Å². The molecular weight excluding hydrogens is 188 g/mol. The second-order valence-electron chi connectivity index (χ2n) is 1.92. The van der Waals surface area contributed by atoms with Crippen molar-refractivity contribution in [2.75, 3.05) is 6.61 Å². The molecule has 0 heterocycles. The Morgan fingerprint density at radius 1 is 1.58 bits per heavy atom. The molecule has 0 fully saturated rings. The van der Waals surface area contributed by atoms with Crippen LogP contribution in [0.25, 0.3) is 0 Å². The summed E-state index contributed by atoms with van der Waals surface area (Å²) in [4.78, 5) is 10.7. The maximum atomic E-state index is 10.7. The monoisotopic (exact) mass is 198 g/mol. The van der Waals surface area contributed by atoms with Gasteiger partial charge in [0.25, 0.3) is 0 Å². The fraction of sp³-hybridized carbons (Fsp3) is 0.800. The van der Waals surface area contributed by atoms with Crippen molar-refractivity contribution >= 4 is 16.4 Å². The zero-order valence-corrected chi connectivity index (χ0v) is 7.50. The maximum absolute atomic E-state index is 10.7. The second kappa shape index (κ2) is 4.39. The average Bonchev–Trinajstić information content (AvgIpc) is 1.84. The first kappa shape index (κ1) is 11.3. The first-order chi connectivity index (χ1) is 5.37. The summed E-state index contributed by atoms with van der Waals surface area (Å²) in [7, 11) is -4.59. The Labute approximate surface area is 70.4 Å². The number of hydrogen-bond donors (Lipinski definition) is 1. The fourth-order valence-electron chi connectivity index (χ4n) is 0.481. The maximum Gasteiger partial charge on any atom is 0.398 e. The van der Waals surface area contributed by atoms with Crippen molar-refractivity contribution in [2.45, 2.75) is 20.0 Å². The summed E-state index contributed by atoms with van der Waals surface area (Å²) in [6, 6.07) is 0. The van der Waals surface area contributed by atoms with Gasteiger partial charge in [0.1, 0.15) is 0 Å². The molecule has 6 nitrogen and oxygen atoms in total. The number of esters is 1. The topological polar surface area (TPSA) is 89.9 Å². The van der Waals surface area contributed by atoms with Gasteiger partial charge in [-0.3, -0.25) is 4.55 Å². The van der Waals surface area contributed by atoms with Gasteiger partial charge < -0.3 is 4.74 Å². The van der Waals surface area contributed by atoms with Crippen molar-refractivity contribution < 1.29 is 26.7 Å². The van der Waals surface area contributed by atoms with Crippen molar-refractivity contribution in [3.05, 3.63) is 0 Å². The molecule has 0 aromatic heterocycles. The lowest BCUT2D eigenvalue weighted by Gasteiger charge is -2.07. The Kier molecular flexibility index (Phi) is 4.15. The van der Waals surface area contributed by atoms with Gasteiger partial charge in [0.2, 0.25) is 0 Å². The standard InChI is InChI=1S/C5H10O6S/c1-3-10-5(6)4(2)11-12(7,8)9/h4H,3H2,1-2H3,(H,7,8,9). The van der Waals surface area contributed by atoms with Crippen LogP contribution in [0.1, 0.15) is 13.8 Å². The molecule has 72 valence electrons. The minimum atomic E-state index is -4.59. The van der Waals surface area contributed by atoms with Gasteiger partial charge in [-0.1, -0.05) is 0 Å². The van der Waals surface area contributed by atoms with Crippen molar-refractivity contribution in [2.24, 2.45) is 0 Å². The van der Waals surface area contributed by atoms with Gasteiger partial charge in [-0.2, -0.15) is 8.42 Å². The van der Waals surface area contributed by atoms with E-state index in [0.717, 1.165) is 6.92 Å². The molecule has 1 unspecified atom stereocenters. The molecule has 0 aliphatic heterocycles. The molecule has 0 rings (SSSR count). The highest BCUT2D eigenvalue weighted by Crippen LogP contribution is 1.98. The highest BCUT2D eigenvalue weighted by molar-refractivity contribution is 7.80. The van der Waals surface area contributed by atoms with Crippen LogP contribution in [0.5, 0.6) is 0 Å². The first-order valence-corrected chi connectivity index (χ1v) is 4.55. The van der Waals surface area contributed by atoms with Crippen LogP contribution in [0.3, 0.4) is 0 Å². The molecular formula is C5H10O6S. The first-order valence-electron chi connectivity index (χ1n) is 3.19. The highest BCUT2D eigenvalue weighted by Gasteiger charge is 2.20. The fourth-order valence-corrected chi connectivity index (χ4v) is 0.925.